The minimum Gasteiger partial charge on any atom is -0.378 e. The summed E-state index contributed by atoms with van der Waals surface area (Å²) in [5.41, 5.74) is -0.154. The van der Waals surface area contributed by atoms with Crippen LogP contribution >= 0.6 is 11.3 Å². The maximum absolute atomic E-state index is 5.38. The summed E-state index contributed by atoms with van der Waals surface area (Å²) in [4.78, 5) is 0. The second-order valence-electron chi connectivity index (χ2n) is 4.33. The molecule has 1 rings (SSSR count). The molecule has 0 radical (unpaired) electrons. The molecule has 0 spiro atoms. The van der Waals surface area contributed by atoms with Crippen LogP contribution in [-0.4, -0.2) is 36.0 Å². The quantitative estimate of drug-likeness (QED) is 0.740. The number of rotatable bonds is 7. The highest BCUT2D eigenvalue weighted by Gasteiger charge is 2.19. The molecular weight excluding hydrogens is 222 g/mol. The van der Waals surface area contributed by atoms with Crippen molar-refractivity contribution in [1.82, 2.24) is 15.5 Å². The molecule has 0 atom stereocenters. The van der Waals surface area contributed by atoms with E-state index in [1.165, 1.54) is 0 Å². The Bertz CT molecular complexity index is 312. The molecule has 0 saturated heterocycles. The third kappa shape index (κ3) is 4.55. The Morgan fingerprint density at radius 3 is 2.62 bits per heavy atom. The highest BCUT2D eigenvalue weighted by molar-refractivity contribution is 7.11. The zero-order valence-corrected chi connectivity index (χ0v) is 11.4. The lowest BCUT2D eigenvalue weighted by Gasteiger charge is -2.20. The maximum Gasteiger partial charge on any atom is 0.120 e. The first-order valence-corrected chi connectivity index (χ1v) is 6.46. The third-order valence-electron chi connectivity index (χ3n) is 2.40. The van der Waals surface area contributed by atoms with Gasteiger partial charge in [-0.3, -0.25) is 0 Å². The SMILES string of the molecule is CCNCCc1nnc(CC(C)(C)OC)s1. The number of hydrogen-bond acceptors (Lipinski definition) is 5. The van der Waals surface area contributed by atoms with E-state index < -0.39 is 0 Å². The second kappa shape index (κ2) is 6.27. The van der Waals surface area contributed by atoms with E-state index in [4.69, 9.17) is 4.74 Å². The van der Waals surface area contributed by atoms with Gasteiger partial charge < -0.3 is 10.1 Å². The van der Waals surface area contributed by atoms with Crippen LogP contribution in [0.25, 0.3) is 0 Å². The number of ether oxygens (including phenoxy) is 1. The van der Waals surface area contributed by atoms with Crippen LogP contribution in [0.1, 0.15) is 30.8 Å². The third-order valence-corrected chi connectivity index (χ3v) is 3.39. The molecule has 0 amide bonds. The first kappa shape index (κ1) is 13.5. The van der Waals surface area contributed by atoms with Crippen molar-refractivity contribution in [2.45, 2.75) is 39.2 Å². The first-order valence-electron chi connectivity index (χ1n) is 5.64. The molecule has 1 aromatic rings. The number of nitrogens with one attached hydrogen (secondary N) is 1. The van der Waals surface area contributed by atoms with E-state index in [-0.39, 0.29) is 5.60 Å². The average Bonchev–Trinajstić information content (AvgIpc) is 2.65. The molecule has 0 aliphatic heterocycles. The highest BCUT2D eigenvalue weighted by Crippen LogP contribution is 2.19. The molecule has 0 aliphatic carbocycles. The van der Waals surface area contributed by atoms with Gasteiger partial charge in [-0.15, -0.1) is 21.5 Å². The van der Waals surface area contributed by atoms with Crippen LogP contribution in [0.4, 0.5) is 0 Å². The molecule has 0 unspecified atom stereocenters. The molecule has 1 heterocycles. The number of likely N-dealkylation sites (N-methyl/N-ethyl adjacent to an activating group) is 1. The summed E-state index contributed by atoms with van der Waals surface area (Å²) in [5.74, 6) is 0. The fourth-order valence-corrected chi connectivity index (χ4v) is 2.33. The Balaban J connectivity index is 2.45. The molecule has 0 fully saturated rings. The first-order chi connectivity index (χ1) is 7.57. The van der Waals surface area contributed by atoms with Gasteiger partial charge in [0, 0.05) is 26.5 Å². The van der Waals surface area contributed by atoms with Crippen LogP contribution in [0.15, 0.2) is 0 Å². The van der Waals surface area contributed by atoms with E-state index in [2.05, 4.69) is 36.3 Å². The summed E-state index contributed by atoms with van der Waals surface area (Å²) in [6.45, 7) is 8.20. The summed E-state index contributed by atoms with van der Waals surface area (Å²) < 4.78 is 5.38. The summed E-state index contributed by atoms with van der Waals surface area (Å²) in [5, 5.41) is 13.8. The van der Waals surface area contributed by atoms with Crippen molar-refractivity contribution >= 4 is 11.3 Å². The number of aromatic nitrogens is 2. The lowest BCUT2D eigenvalue weighted by molar-refractivity contribution is 0.0230. The van der Waals surface area contributed by atoms with Crippen LogP contribution in [0.3, 0.4) is 0 Å². The van der Waals surface area contributed by atoms with E-state index in [0.29, 0.717) is 0 Å². The summed E-state index contributed by atoms with van der Waals surface area (Å²) in [6.07, 6.45) is 1.78. The predicted octanol–water partition coefficient (Wildman–Crippen LogP) is 1.66. The molecule has 1 aromatic heterocycles. The van der Waals surface area contributed by atoms with Crippen molar-refractivity contribution in [2.75, 3.05) is 20.2 Å². The van der Waals surface area contributed by atoms with Gasteiger partial charge in [-0.25, -0.2) is 0 Å². The molecule has 16 heavy (non-hydrogen) atoms. The van der Waals surface area contributed by atoms with Gasteiger partial charge in [0.15, 0.2) is 0 Å². The fourth-order valence-electron chi connectivity index (χ4n) is 1.27. The van der Waals surface area contributed by atoms with Gasteiger partial charge in [-0.05, 0) is 20.4 Å². The van der Waals surface area contributed by atoms with E-state index in [1.54, 1.807) is 18.4 Å². The zero-order valence-electron chi connectivity index (χ0n) is 10.5. The Morgan fingerprint density at radius 2 is 2.00 bits per heavy atom. The monoisotopic (exact) mass is 243 g/mol. The molecule has 1 N–H and O–H groups in total. The van der Waals surface area contributed by atoms with Gasteiger partial charge in [0.1, 0.15) is 10.0 Å². The smallest absolute Gasteiger partial charge is 0.120 e. The highest BCUT2D eigenvalue weighted by atomic mass is 32.1. The second-order valence-corrected chi connectivity index (χ2v) is 5.48. The van der Waals surface area contributed by atoms with Crippen molar-refractivity contribution in [1.29, 1.82) is 0 Å². The Labute approximate surface area is 101 Å². The standard InChI is InChI=1S/C11H21N3OS/c1-5-12-7-6-9-13-14-10(16-9)8-11(2,3)15-4/h12H,5-8H2,1-4H3. The molecule has 4 nitrogen and oxygen atoms in total. The van der Waals surface area contributed by atoms with Crippen molar-refractivity contribution in [2.24, 2.45) is 0 Å². The van der Waals surface area contributed by atoms with Gasteiger partial charge in [0.05, 0.1) is 5.60 Å². The summed E-state index contributed by atoms with van der Waals surface area (Å²) in [7, 11) is 1.73. The summed E-state index contributed by atoms with van der Waals surface area (Å²) >= 11 is 1.68. The average molecular weight is 243 g/mol. The van der Waals surface area contributed by atoms with Gasteiger partial charge in [-0.2, -0.15) is 0 Å². The van der Waals surface area contributed by atoms with Gasteiger partial charge in [0.25, 0.3) is 0 Å². The number of methoxy groups -OCH3 is 1. The number of nitrogens with zero attached hydrogens (tertiary/aromatic N) is 2. The Morgan fingerprint density at radius 1 is 1.31 bits per heavy atom. The topological polar surface area (TPSA) is 47.0 Å². The van der Waals surface area contributed by atoms with E-state index in [0.717, 1.165) is 35.9 Å². The molecule has 0 aromatic carbocycles. The fraction of sp³-hybridized carbons (Fsp3) is 0.818. The van der Waals surface area contributed by atoms with Gasteiger partial charge in [0.2, 0.25) is 0 Å². The van der Waals surface area contributed by atoms with Crippen molar-refractivity contribution in [3.8, 4) is 0 Å². The lowest BCUT2D eigenvalue weighted by atomic mass is 10.1. The maximum atomic E-state index is 5.38. The normalized spacial score (nSPS) is 12.0. The van der Waals surface area contributed by atoms with Crippen molar-refractivity contribution in [3.05, 3.63) is 10.0 Å². The van der Waals surface area contributed by atoms with Gasteiger partial charge >= 0.3 is 0 Å². The zero-order chi connectivity index (χ0) is 12.0. The van der Waals surface area contributed by atoms with E-state index in [9.17, 15) is 0 Å². The summed E-state index contributed by atoms with van der Waals surface area (Å²) in [6, 6.07) is 0. The van der Waals surface area contributed by atoms with Crippen LogP contribution in [0.5, 0.6) is 0 Å². The molecule has 0 aliphatic rings. The van der Waals surface area contributed by atoms with Crippen LogP contribution in [0, 0.1) is 0 Å². The molecule has 92 valence electrons. The largest absolute Gasteiger partial charge is 0.378 e. The molecular formula is C11H21N3OS. The lowest BCUT2D eigenvalue weighted by Crippen LogP contribution is -2.25. The Kier molecular flexibility index (Phi) is 5.31. The van der Waals surface area contributed by atoms with Crippen molar-refractivity contribution in [3.63, 3.8) is 0 Å². The predicted molar refractivity (Wildman–Crippen MR) is 66.9 cm³/mol. The van der Waals surface area contributed by atoms with Crippen molar-refractivity contribution < 1.29 is 4.74 Å². The minimum absolute atomic E-state index is 0.154. The van der Waals surface area contributed by atoms with Crippen LogP contribution in [-0.2, 0) is 17.6 Å². The molecule has 0 bridgehead atoms. The van der Waals surface area contributed by atoms with Crippen LogP contribution < -0.4 is 5.32 Å². The minimum atomic E-state index is -0.154. The molecule has 5 heteroatoms. The Hall–Kier alpha value is -0.520. The van der Waals surface area contributed by atoms with E-state index in [1.807, 2.05) is 0 Å². The van der Waals surface area contributed by atoms with E-state index >= 15 is 0 Å². The van der Waals surface area contributed by atoms with Crippen LogP contribution in [0.2, 0.25) is 0 Å². The molecule has 0 saturated carbocycles. The van der Waals surface area contributed by atoms with Gasteiger partial charge in [-0.1, -0.05) is 6.92 Å². The number of hydrogen-bond donors (Lipinski definition) is 1.